The third-order valence-electron chi connectivity index (χ3n) is 1.77. The van der Waals surface area contributed by atoms with Crippen LogP contribution in [0.15, 0.2) is 17.5 Å². The second kappa shape index (κ2) is 3.43. The lowest BCUT2D eigenvalue weighted by atomic mass is 10.2. The van der Waals surface area contributed by atoms with E-state index in [4.69, 9.17) is 0 Å². The van der Waals surface area contributed by atoms with Crippen molar-refractivity contribution in [2.45, 2.75) is 0 Å². The fourth-order valence-corrected chi connectivity index (χ4v) is 2.96. The van der Waals surface area contributed by atoms with E-state index in [1.807, 2.05) is 22.6 Å². The maximum absolute atomic E-state index is 13.4. The quantitative estimate of drug-likeness (QED) is 0.458. The topological polar surface area (TPSA) is 43.1 Å². The summed E-state index contributed by atoms with van der Waals surface area (Å²) in [5.74, 6) is -0.528. The number of thiophene rings is 1. The molecule has 3 nitrogen and oxygen atoms in total. The Morgan fingerprint density at radius 3 is 2.86 bits per heavy atom. The van der Waals surface area contributed by atoms with Gasteiger partial charge >= 0.3 is 0 Å². The molecule has 1 aromatic carbocycles. The Morgan fingerprint density at radius 1 is 1.50 bits per heavy atom. The SMILES string of the molecule is O=[N+]([O-])c1csc2cc(I)cc(F)c12. The first-order valence-electron chi connectivity index (χ1n) is 3.60. The number of hydrogen-bond donors (Lipinski definition) is 0. The normalized spacial score (nSPS) is 10.7. The highest BCUT2D eigenvalue weighted by Gasteiger charge is 2.18. The molecule has 1 aromatic heterocycles. The van der Waals surface area contributed by atoms with Gasteiger partial charge in [0.15, 0.2) is 0 Å². The smallest absolute Gasteiger partial charge is 0.258 e. The molecule has 2 aromatic rings. The van der Waals surface area contributed by atoms with E-state index in [1.165, 1.54) is 22.8 Å². The van der Waals surface area contributed by atoms with E-state index >= 15 is 0 Å². The molecule has 0 N–H and O–H groups in total. The lowest BCUT2D eigenvalue weighted by Crippen LogP contribution is -1.87. The van der Waals surface area contributed by atoms with Gasteiger partial charge in [-0.15, -0.1) is 11.3 Å². The molecule has 0 amide bonds. The Kier molecular flexibility index (Phi) is 2.40. The fraction of sp³-hybridized carbons (Fsp3) is 0. The molecule has 0 fully saturated rings. The Hall–Kier alpha value is -0.760. The molecule has 0 bridgehead atoms. The lowest BCUT2D eigenvalue weighted by molar-refractivity contribution is -0.382. The zero-order valence-electron chi connectivity index (χ0n) is 6.66. The van der Waals surface area contributed by atoms with Crippen LogP contribution in [0.1, 0.15) is 0 Å². The molecule has 2 rings (SSSR count). The first-order chi connectivity index (χ1) is 6.59. The molecule has 0 aliphatic rings. The van der Waals surface area contributed by atoms with Crippen LogP contribution >= 0.6 is 33.9 Å². The van der Waals surface area contributed by atoms with Crippen LogP contribution in [0, 0.1) is 19.5 Å². The zero-order valence-corrected chi connectivity index (χ0v) is 9.63. The van der Waals surface area contributed by atoms with E-state index in [-0.39, 0.29) is 11.1 Å². The van der Waals surface area contributed by atoms with Crippen molar-refractivity contribution in [1.82, 2.24) is 0 Å². The minimum absolute atomic E-state index is 0.111. The van der Waals surface area contributed by atoms with E-state index in [1.54, 1.807) is 6.07 Å². The number of rotatable bonds is 1. The number of halogens is 2. The van der Waals surface area contributed by atoms with Crippen LogP contribution in [0.25, 0.3) is 10.1 Å². The van der Waals surface area contributed by atoms with Crippen molar-refractivity contribution in [3.63, 3.8) is 0 Å². The molecule has 72 valence electrons. The van der Waals surface area contributed by atoms with Gasteiger partial charge in [0.2, 0.25) is 0 Å². The summed E-state index contributed by atoms with van der Waals surface area (Å²) in [5, 5.41) is 12.0. The summed E-state index contributed by atoms with van der Waals surface area (Å²) in [5.41, 5.74) is -0.154. The van der Waals surface area contributed by atoms with E-state index in [0.29, 0.717) is 4.70 Å². The first kappa shape index (κ1) is 9.78. The molecule has 0 saturated heterocycles. The van der Waals surface area contributed by atoms with Gasteiger partial charge in [0.25, 0.3) is 5.69 Å². The van der Waals surface area contributed by atoms with Gasteiger partial charge in [0.1, 0.15) is 11.2 Å². The summed E-state index contributed by atoms with van der Waals surface area (Å²) >= 11 is 3.16. The van der Waals surface area contributed by atoms with Gasteiger partial charge in [-0.3, -0.25) is 10.1 Å². The van der Waals surface area contributed by atoms with Gasteiger partial charge in [-0.05, 0) is 34.7 Å². The Labute approximate surface area is 95.8 Å². The minimum atomic E-state index is -0.561. The monoisotopic (exact) mass is 323 g/mol. The average Bonchev–Trinajstić information content (AvgIpc) is 2.47. The maximum Gasteiger partial charge on any atom is 0.290 e. The Morgan fingerprint density at radius 2 is 2.21 bits per heavy atom. The molecule has 0 aliphatic heterocycles. The molecule has 1 heterocycles. The largest absolute Gasteiger partial charge is 0.290 e. The Balaban J connectivity index is 2.85. The van der Waals surface area contributed by atoms with Crippen molar-refractivity contribution < 1.29 is 9.31 Å². The number of hydrogen-bond acceptors (Lipinski definition) is 3. The molecule has 6 heteroatoms. The predicted molar refractivity (Wildman–Crippen MR) is 61.2 cm³/mol. The summed E-state index contributed by atoms with van der Waals surface area (Å²) < 4.78 is 14.8. The number of nitrogens with zero attached hydrogens (tertiary/aromatic N) is 1. The number of fused-ring (bicyclic) bond motifs is 1. The number of benzene rings is 1. The zero-order chi connectivity index (χ0) is 10.3. The maximum atomic E-state index is 13.4. The summed E-state index contributed by atoms with van der Waals surface area (Å²) in [7, 11) is 0. The third kappa shape index (κ3) is 1.48. The van der Waals surface area contributed by atoms with Gasteiger partial charge in [-0.2, -0.15) is 0 Å². The molecule has 14 heavy (non-hydrogen) atoms. The van der Waals surface area contributed by atoms with Crippen molar-refractivity contribution in [1.29, 1.82) is 0 Å². The summed E-state index contributed by atoms with van der Waals surface area (Å²) in [4.78, 5) is 10.00. The molecule has 0 saturated carbocycles. The van der Waals surface area contributed by atoms with Crippen LogP contribution in [-0.4, -0.2) is 4.92 Å². The van der Waals surface area contributed by atoms with E-state index in [9.17, 15) is 14.5 Å². The molecular weight excluding hydrogens is 320 g/mol. The molecule has 0 atom stereocenters. The van der Waals surface area contributed by atoms with Crippen molar-refractivity contribution in [2.24, 2.45) is 0 Å². The van der Waals surface area contributed by atoms with Crippen molar-refractivity contribution in [3.8, 4) is 0 Å². The van der Waals surface area contributed by atoms with Crippen LogP contribution in [-0.2, 0) is 0 Å². The molecule has 0 radical (unpaired) electrons. The van der Waals surface area contributed by atoms with Gasteiger partial charge in [-0.1, -0.05) is 0 Å². The van der Waals surface area contributed by atoms with Crippen LogP contribution in [0.5, 0.6) is 0 Å². The van der Waals surface area contributed by atoms with Crippen LogP contribution < -0.4 is 0 Å². The van der Waals surface area contributed by atoms with Gasteiger partial charge in [0, 0.05) is 8.27 Å². The highest BCUT2D eigenvalue weighted by Crippen LogP contribution is 2.34. The molecule has 0 aliphatic carbocycles. The van der Waals surface area contributed by atoms with Crippen molar-refractivity contribution >= 4 is 49.7 Å². The summed E-state index contributed by atoms with van der Waals surface area (Å²) in [6.07, 6.45) is 0. The Bertz CT molecular complexity index is 525. The number of nitro groups is 1. The third-order valence-corrected chi connectivity index (χ3v) is 3.31. The van der Waals surface area contributed by atoms with Crippen LogP contribution in [0.2, 0.25) is 0 Å². The molecule has 0 spiro atoms. The highest BCUT2D eigenvalue weighted by atomic mass is 127. The van der Waals surface area contributed by atoms with Gasteiger partial charge in [0.05, 0.1) is 10.3 Å². The van der Waals surface area contributed by atoms with Crippen LogP contribution in [0.4, 0.5) is 10.1 Å². The lowest BCUT2D eigenvalue weighted by Gasteiger charge is -1.94. The standard InChI is InChI=1S/C8H3FINO2S/c9-5-1-4(10)2-7-8(5)6(3-14-7)11(12)13/h1-3H. The van der Waals surface area contributed by atoms with Crippen molar-refractivity contribution in [2.75, 3.05) is 0 Å². The van der Waals surface area contributed by atoms with E-state index < -0.39 is 10.7 Å². The average molecular weight is 323 g/mol. The van der Waals surface area contributed by atoms with E-state index in [2.05, 4.69) is 0 Å². The fourth-order valence-electron chi connectivity index (χ4n) is 1.20. The summed E-state index contributed by atoms with van der Waals surface area (Å²) in [6, 6.07) is 3.03. The minimum Gasteiger partial charge on any atom is -0.258 e. The molecular formula is C8H3FINO2S. The summed E-state index contributed by atoms with van der Waals surface area (Å²) in [6.45, 7) is 0. The highest BCUT2D eigenvalue weighted by molar-refractivity contribution is 14.1. The first-order valence-corrected chi connectivity index (χ1v) is 5.56. The predicted octanol–water partition coefficient (Wildman–Crippen LogP) is 3.55. The van der Waals surface area contributed by atoms with Crippen molar-refractivity contribution in [3.05, 3.63) is 37.0 Å². The molecule has 0 unspecified atom stereocenters. The second-order valence-electron chi connectivity index (χ2n) is 2.64. The second-order valence-corrected chi connectivity index (χ2v) is 4.80. The van der Waals surface area contributed by atoms with Crippen LogP contribution in [0.3, 0.4) is 0 Å². The van der Waals surface area contributed by atoms with Gasteiger partial charge in [-0.25, -0.2) is 4.39 Å². The van der Waals surface area contributed by atoms with E-state index in [0.717, 1.165) is 3.57 Å². The van der Waals surface area contributed by atoms with Gasteiger partial charge < -0.3 is 0 Å².